The van der Waals surface area contributed by atoms with Gasteiger partial charge in [0.25, 0.3) is 11.8 Å². The van der Waals surface area contributed by atoms with E-state index in [2.05, 4.69) is 56.8 Å². The monoisotopic (exact) mass is 1160 g/mol. The number of aromatic nitrogens is 1. The van der Waals surface area contributed by atoms with Gasteiger partial charge in [-0.3, -0.25) is 43.0 Å². The van der Waals surface area contributed by atoms with Gasteiger partial charge in [-0.2, -0.15) is 5.26 Å². The molecule has 6 N–H and O–H groups in total. The Morgan fingerprint density at radius 1 is 0.771 bits per heavy atom. The van der Waals surface area contributed by atoms with Crippen molar-refractivity contribution in [3.05, 3.63) is 65.4 Å². The highest BCUT2D eigenvalue weighted by atomic mass is 16.6. The summed E-state index contributed by atoms with van der Waals surface area (Å²) in [6, 6.07) is 11.8. The van der Waals surface area contributed by atoms with Crippen LogP contribution in [0.3, 0.4) is 0 Å². The first-order valence-corrected chi connectivity index (χ1v) is 28.7. The van der Waals surface area contributed by atoms with E-state index < -0.39 is 35.5 Å². The fourth-order valence-corrected chi connectivity index (χ4v) is 8.04. The molecule has 3 aromatic rings. The standard InChI is InChI=1S/C50H70N8O12.C7H14N2O.C3H8/c1-35(60)52-20-10-9-13-42(49(65)70-50(2,3)4)57-48(64)41(12-8-11-21-55-47(63)36-14-17-44(58(5,6)7)38(30-36)32-51)56-45(61)19-24-66-26-28-68-29-27-67-25-23-54-46(62)34-69-39-15-16-40-37(33-59)18-22-53-43(40)31-39;1-8-6-7(10)9-4-2-3-5-9;1-3-2/h14-18,22,30-31,33,41-42H,8-13,19-21,23-29,34H2,1-7H3,(H4-,52,54,55,56,57,60,61,62,63,64);8H,2-6H2,1H3;3H2,1-2H3/p+1. The molecule has 2 unspecified atom stereocenters. The lowest BCUT2D eigenvalue weighted by Crippen LogP contribution is -2.52. The summed E-state index contributed by atoms with van der Waals surface area (Å²) in [5, 5.41) is 27.1. The number of fused-ring (bicyclic) bond motifs is 1. The Labute approximate surface area is 490 Å². The van der Waals surface area contributed by atoms with Gasteiger partial charge in [0.05, 0.1) is 72.8 Å². The number of nitrogens with one attached hydrogen (secondary N) is 6. The molecular formula is C60H93N10O13+. The molecule has 23 nitrogen and oxygen atoms in total. The van der Waals surface area contributed by atoms with Gasteiger partial charge in [-0.05, 0) is 110 Å². The van der Waals surface area contributed by atoms with Crippen molar-refractivity contribution < 1.29 is 62.0 Å². The van der Waals surface area contributed by atoms with E-state index in [1.165, 1.54) is 32.4 Å². The zero-order valence-electron chi connectivity index (χ0n) is 50.7. The van der Waals surface area contributed by atoms with Gasteiger partial charge in [-0.25, -0.2) is 4.79 Å². The number of rotatable bonds is 34. The molecule has 1 aliphatic rings. The van der Waals surface area contributed by atoms with Crippen LogP contribution in [0.1, 0.15) is 132 Å². The fraction of sp³-hybridized carbons (Fsp3) is 0.600. The van der Waals surface area contributed by atoms with Gasteiger partial charge in [0.1, 0.15) is 40.8 Å². The van der Waals surface area contributed by atoms with Gasteiger partial charge in [0, 0.05) is 80.9 Å². The van der Waals surface area contributed by atoms with Crippen molar-refractivity contribution in [2.45, 2.75) is 123 Å². The molecule has 0 aliphatic carbocycles. The molecule has 4 rings (SSSR count). The first-order chi connectivity index (χ1) is 39.6. The predicted molar refractivity (Wildman–Crippen MR) is 318 cm³/mol. The maximum absolute atomic E-state index is 13.8. The molecule has 1 aliphatic heterocycles. The molecule has 0 radical (unpaired) electrons. The number of pyridine rings is 1. The summed E-state index contributed by atoms with van der Waals surface area (Å²) in [5.41, 5.74) is 1.81. The van der Waals surface area contributed by atoms with E-state index >= 15 is 0 Å². The van der Waals surface area contributed by atoms with Crippen LogP contribution in [0.4, 0.5) is 5.69 Å². The molecule has 1 saturated heterocycles. The molecule has 0 spiro atoms. The highest BCUT2D eigenvalue weighted by Gasteiger charge is 2.30. The Kier molecular flexibility index (Phi) is 34.9. The Bertz CT molecular complexity index is 2540. The fourth-order valence-electron chi connectivity index (χ4n) is 8.04. The number of carbonyl (C=O) groups is 8. The summed E-state index contributed by atoms with van der Waals surface area (Å²) in [6.07, 6.45) is 8.22. The summed E-state index contributed by atoms with van der Waals surface area (Å²) in [6.45, 7) is 15.3. The van der Waals surface area contributed by atoms with Crippen molar-refractivity contribution in [3.63, 3.8) is 0 Å². The normalized spacial score (nSPS) is 12.7. The van der Waals surface area contributed by atoms with Gasteiger partial charge in [0.15, 0.2) is 12.9 Å². The second-order valence-corrected chi connectivity index (χ2v) is 21.5. The molecule has 460 valence electrons. The molecule has 1 aromatic heterocycles. The Morgan fingerprint density at radius 2 is 1.40 bits per heavy atom. The van der Waals surface area contributed by atoms with Gasteiger partial charge in [-0.15, -0.1) is 0 Å². The highest BCUT2D eigenvalue weighted by molar-refractivity contribution is 5.97. The number of ether oxygens (including phenoxy) is 5. The van der Waals surface area contributed by atoms with Gasteiger partial charge >= 0.3 is 5.97 Å². The maximum Gasteiger partial charge on any atom is 0.329 e. The summed E-state index contributed by atoms with van der Waals surface area (Å²) in [4.78, 5) is 105. The quantitative estimate of drug-likeness (QED) is 0.0207. The number of carbonyl (C=O) groups excluding carboxylic acids is 8. The van der Waals surface area contributed by atoms with Crippen LogP contribution in [0.15, 0.2) is 48.7 Å². The van der Waals surface area contributed by atoms with Crippen LogP contribution < -0.4 is 41.1 Å². The van der Waals surface area contributed by atoms with Crippen LogP contribution in [-0.2, 0) is 47.7 Å². The number of nitriles is 1. The average molecular weight is 1160 g/mol. The summed E-state index contributed by atoms with van der Waals surface area (Å²) in [5.74, 6) is -1.81. The topological polar surface area (TPSA) is 295 Å². The smallest absolute Gasteiger partial charge is 0.329 e. The number of unbranched alkanes of at least 4 members (excludes halogenated alkanes) is 2. The predicted octanol–water partition coefficient (Wildman–Crippen LogP) is 4.51. The summed E-state index contributed by atoms with van der Waals surface area (Å²) in [7, 11) is 7.59. The number of likely N-dealkylation sites (N-methyl/N-ethyl adjacent to an activating group) is 1. The van der Waals surface area contributed by atoms with E-state index in [1.54, 1.807) is 70.3 Å². The Balaban J connectivity index is 0.00000160. The minimum atomic E-state index is -1.02. The van der Waals surface area contributed by atoms with Crippen LogP contribution in [0.5, 0.6) is 5.75 Å². The van der Waals surface area contributed by atoms with Crippen LogP contribution >= 0.6 is 0 Å². The Morgan fingerprint density at radius 3 is 2.00 bits per heavy atom. The molecule has 0 bridgehead atoms. The minimum Gasteiger partial charge on any atom is -0.484 e. The number of aldehydes is 1. The molecule has 23 heteroatoms. The zero-order valence-corrected chi connectivity index (χ0v) is 50.7. The highest BCUT2D eigenvalue weighted by Crippen LogP contribution is 2.24. The molecule has 0 saturated carbocycles. The van der Waals surface area contributed by atoms with Crippen molar-refractivity contribution >= 4 is 64.3 Å². The number of benzene rings is 2. The number of esters is 1. The number of quaternary nitrogens is 1. The lowest BCUT2D eigenvalue weighted by Gasteiger charge is -2.26. The molecule has 2 aromatic carbocycles. The molecule has 2 atom stereocenters. The number of likely N-dealkylation sites (tertiary alicyclic amines) is 1. The maximum atomic E-state index is 13.8. The van der Waals surface area contributed by atoms with Crippen LogP contribution in [0.25, 0.3) is 10.9 Å². The van der Waals surface area contributed by atoms with Crippen molar-refractivity contribution in [2.24, 2.45) is 0 Å². The minimum absolute atomic E-state index is 0.0480. The van der Waals surface area contributed by atoms with Crippen molar-refractivity contribution in [1.29, 1.82) is 5.26 Å². The van der Waals surface area contributed by atoms with E-state index in [1.807, 2.05) is 26.0 Å². The molecule has 1 fully saturated rings. The summed E-state index contributed by atoms with van der Waals surface area (Å²) >= 11 is 0. The van der Waals surface area contributed by atoms with E-state index in [9.17, 15) is 43.6 Å². The zero-order chi connectivity index (χ0) is 61.6. The van der Waals surface area contributed by atoms with Crippen molar-refractivity contribution in [1.82, 2.24) is 46.3 Å². The number of hydrogen-bond donors (Lipinski definition) is 6. The van der Waals surface area contributed by atoms with E-state index in [4.69, 9.17) is 23.7 Å². The molecule has 83 heavy (non-hydrogen) atoms. The molecule has 6 amide bonds. The number of amides is 6. The lowest BCUT2D eigenvalue weighted by atomic mass is 10.0. The largest absolute Gasteiger partial charge is 0.484 e. The van der Waals surface area contributed by atoms with Gasteiger partial charge in [-0.1, -0.05) is 20.3 Å². The molecular weight excluding hydrogens is 1070 g/mol. The first kappa shape index (κ1) is 72.0. The van der Waals surface area contributed by atoms with E-state index in [-0.39, 0.29) is 102 Å². The second-order valence-electron chi connectivity index (χ2n) is 21.5. The third-order valence-corrected chi connectivity index (χ3v) is 12.1. The summed E-state index contributed by atoms with van der Waals surface area (Å²) < 4.78 is 28.2. The third kappa shape index (κ3) is 30.7. The van der Waals surface area contributed by atoms with Crippen LogP contribution in [0.2, 0.25) is 0 Å². The SMILES string of the molecule is CC(=O)NCCCCC(NC(=O)C(CCCCNC(=O)c1ccc([N+](C)(C)C)c(C#N)c1)NC(=O)CCOCCOCCOCCNC(=O)COc1ccc2c(C=O)ccnc2c1)C(=O)OC(C)(C)C.CCC.CNCC(=O)N1CCCC1. The first-order valence-electron chi connectivity index (χ1n) is 28.7. The average Bonchev–Trinajstić information content (AvgIpc) is 4.18. The van der Waals surface area contributed by atoms with Crippen molar-refractivity contribution in [3.8, 4) is 11.8 Å². The van der Waals surface area contributed by atoms with Crippen LogP contribution in [-0.4, -0.2) is 189 Å². The molecule has 2 heterocycles. The van der Waals surface area contributed by atoms with E-state index in [0.29, 0.717) is 76.6 Å². The van der Waals surface area contributed by atoms with Crippen molar-refractivity contribution in [2.75, 3.05) is 114 Å². The third-order valence-electron chi connectivity index (χ3n) is 12.1. The number of nitrogens with zero attached hydrogens (tertiary/aromatic N) is 4. The Hall–Kier alpha value is -7.10. The number of hydrogen-bond acceptors (Lipinski definition) is 16. The lowest BCUT2D eigenvalue weighted by molar-refractivity contribution is -0.159. The van der Waals surface area contributed by atoms with Crippen LogP contribution in [0, 0.1) is 11.3 Å². The van der Waals surface area contributed by atoms with Gasteiger partial charge < -0.3 is 60.5 Å². The van der Waals surface area contributed by atoms with E-state index in [0.717, 1.165) is 25.1 Å². The van der Waals surface area contributed by atoms with Gasteiger partial charge in [0.2, 0.25) is 23.6 Å². The second kappa shape index (κ2) is 40.2.